The summed E-state index contributed by atoms with van der Waals surface area (Å²) in [7, 11) is 0. The van der Waals surface area contributed by atoms with E-state index < -0.39 is 11.7 Å². The average Bonchev–Trinajstić information content (AvgIpc) is 3.46. The van der Waals surface area contributed by atoms with Crippen LogP contribution >= 0.6 is 0 Å². The first-order chi connectivity index (χ1) is 18.2. The van der Waals surface area contributed by atoms with E-state index in [0.717, 1.165) is 21.6 Å². The number of rotatable bonds is 6. The molecule has 9 nitrogen and oxygen atoms in total. The Bertz CT molecular complexity index is 1470. The molecule has 38 heavy (non-hydrogen) atoms. The maximum Gasteiger partial charge on any atom is 0.407 e. The highest BCUT2D eigenvalue weighted by molar-refractivity contribution is 6.21. The van der Waals surface area contributed by atoms with Gasteiger partial charge >= 0.3 is 6.09 Å². The van der Waals surface area contributed by atoms with Crippen LogP contribution in [0, 0.1) is 0 Å². The summed E-state index contributed by atoms with van der Waals surface area (Å²) in [5.41, 5.74) is 3.89. The number of alkyl carbamates (subject to hydrolysis) is 1. The number of hydrogen-bond acceptors (Lipinski definition) is 7. The van der Waals surface area contributed by atoms with Gasteiger partial charge in [-0.1, -0.05) is 53.7 Å². The zero-order valence-corrected chi connectivity index (χ0v) is 21.2. The van der Waals surface area contributed by atoms with E-state index in [1.165, 1.54) is 0 Å². The van der Waals surface area contributed by atoms with E-state index in [1.54, 1.807) is 24.3 Å². The number of carbonyl (C=O) groups is 3. The van der Waals surface area contributed by atoms with Gasteiger partial charge in [-0.15, -0.1) is 0 Å². The number of imide groups is 1. The summed E-state index contributed by atoms with van der Waals surface area (Å²) < 4.78 is 10.6. The van der Waals surface area contributed by atoms with Gasteiger partial charge < -0.3 is 14.6 Å². The molecule has 2 heterocycles. The normalized spacial score (nSPS) is 13.0. The number of hydrogen-bond donors (Lipinski definition) is 1. The van der Waals surface area contributed by atoms with Crippen molar-refractivity contribution in [1.29, 1.82) is 0 Å². The average molecular weight is 511 g/mol. The number of nitrogens with zero attached hydrogens (tertiary/aromatic N) is 3. The van der Waals surface area contributed by atoms with Gasteiger partial charge in [0.15, 0.2) is 5.82 Å². The minimum absolute atomic E-state index is 0.0664. The molecule has 4 aromatic rings. The summed E-state index contributed by atoms with van der Waals surface area (Å²) in [6, 6.07) is 22.2. The minimum atomic E-state index is -0.540. The number of nitrogens with one attached hydrogen (secondary N) is 1. The molecule has 1 aliphatic heterocycles. The highest BCUT2D eigenvalue weighted by Crippen LogP contribution is 2.26. The maximum absolute atomic E-state index is 12.6. The number of ether oxygens (including phenoxy) is 1. The molecule has 5 rings (SSSR count). The van der Waals surface area contributed by atoms with Crippen molar-refractivity contribution in [2.75, 3.05) is 0 Å². The third kappa shape index (κ3) is 5.31. The van der Waals surface area contributed by atoms with Crippen molar-refractivity contribution in [3.05, 3.63) is 95.3 Å². The molecule has 0 saturated carbocycles. The van der Waals surface area contributed by atoms with E-state index in [2.05, 4.69) is 15.5 Å². The van der Waals surface area contributed by atoms with Gasteiger partial charge in [-0.05, 0) is 61.7 Å². The zero-order valence-electron chi connectivity index (χ0n) is 21.2. The molecule has 1 aromatic heterocycles. The van der Waals surface area contributed by atoms with E-state index in [-0.39, 0.29) is 24.2 Å². The van der Waals surface area contributed by atoms with Crippen LogP contribution in [0.5, 0.6) is 0 Å². The monoisotopic (exact) mass is 510 g/mol. The maximum atomic E-state index is 12.6. The highest BCUT2D eigenvalue weighted by atomic mass is 16.6. The van der Waals surface area contributed by atoms with Gasteiger partial charge in [-0.2, -0.15) is 4.98 Å². The van der Waals surface area contributed by atoms with Gasteiger partial charge in [0.05, 0.1) is 17.7 Å². The second-order valence-electron chi connectivity index (χ2n) is 9.89. The predicted molar refractivity (Wildman–Crippen MR) is 139 cm³/mol. The summed E-state index contributed by atoms with van der Waals surface area (Å²) in [5.74, 6) is -0.193. The summed E-state index contributed by atoms with van der Waals surface area (Å²) in [4.78, 5) is 42.5. The second-order valence-corrected chi connectivity index (χ2v) is 9.89. The standard InChI is InChI=1S/C29H26N4O5/c1-29(2,3)37-28(36)30-16-18-8-10-19(11-9-18)20-12-14-21(15-13-20)25-31-24(32-38-25)17-33-26(34)22-6-4-5-7-23(22)27(33)35/h4-15H,16-17H2,1-3H3,(H,30,36). The van der Waals surface area contributed by atoms with Crippen LogP contribution in [0.15, 0.2) is 77.3 Å². The fraction of sp³-hybridized carbons (Fsp3) is 0.207. The second kappa shape index (κ2) is 9.93. The van der Waals surface area contributed by atoms with Crippen LogP contribution in [0.4, 0.5) is 4.79 Å². The van der Waals surface area contributed by atoms with Crippen molar-refractivity contribution in [3.63, 3.8) is 0 Å². The minimum Gasteiger partial charge on any atom is -0.444 e. The van der Waals surface area contributed by atoms with E-state index >= 15 is 0 Å². The topological polar surface area (TPSA) is 115 Å². The molecule has 1 N–H and O–H groups in total. The quantitative estimate of drug-likeness (QED) is 0.354. The first-order valence-electron chi connectivity index (χ1n) is 12.1. The lowest BCUT2D eigenvalue weighted by molar-refractivity contribution is 0.0522. The van der Waals surface area contributed by atoms with Crippen LogP contribution in [0.3, 0.4) is 0 Å². The molecule has 0 fully saturated rings. The van der Waals surface area contributed by atoms with Crippen molar-refractivity contribution in [2.45, 2.75) is 39.5 Å². The van der Waals surface area contributed by atoms with Crippen LogP contribution in [0.25, 0.3) is 22.6 Å². The molecule has 0 radical (unpaired) electrons. The van der Waals surface area contributed by atoms with Crippen molar-refractivity contribution in [1.82, 2.24) is 20.4 Å². The molecule has 0 saturated heterocycles. The Kier molecular flexibility index (Phi) is 6.50. The van der Waals surface area contributed by atoms with Crippen molar-refractivity contribution >= 4 is 17.9 Å². The molecule has 0 spiro atoms. The molecule has 1 aliphatic rings. The molecular formula is C29H26N4O5. The van der Waals surface area contributed by atoms with Crippen molar-refractivity contribution < 1.29 is 23.6 Å². The lowest BCUT2D eigenvalue weighted by atomic mass is 10.0. The van der Waals surface area contributed by atoms with E-state index in [4.69, 9.17) is 9.26 Å². The van der Waals surface area contributed by atoms with Crippen LogP contribution in [-0.4, -0.2) is 38.5 Å². The number of fused-ring (bicyclic) bond motifs is 1. The third-order valence-corrected chi connectivity index (χ3v) is 5.90. The summed E-state index contributed by atoms with van der Waals surface area (Å²) in [6.07, 6.45) is -0.454. The van der Waals surface area contributed by atoms with Gasteiger partial charge in [-0.3, -0.25) is 14.5 Å². The van der Waals surface area contributed by atoms with E-state index in [1.807, 2.05) is 69.3 Å². The zero-order chi connectivity index (χ0) is 26.9. The van der Waals surface area contributed by atoms with Crippen molar-refractivity contribution in [2.24, 2.45) is 0 Å². The molecule has 192 valence electrons. The van der Waals surface area contributed by atoms with Gasteiger partial charge in [0.25, 0.3) is 17.7 Å². The summed E-state index contributed by atoms with van der Waals surface area (Å²) in [5, 5.41) is 6.71. The van der Waals surface area contributed by atoms with Crippen LogP contribution < -0.4 is 5.32 Å². The summed E-state index contributed by atoms with van der Waals surface area (Å²) >= 11 is 0. The van der Waals surface area contributed by atoms with Crippen LogP contribution in [-0.2, 0) is 17.8 Å². The molecule has 0 aliphatic carbocycles. The molecule has 0 unspecified atom stereocenters. The van der Waals surface area contributed by atoms with Gasteiger partial charge in [0.1, 0.15) is 5.60 Å². The first-order valence-corrected chi connectivity index (χ1v) is 12.1. The fourth-order valence-electron chi connectivity index (χ4n) is 4.07. The molecule has 3 amide bonds. The largest absolute Gasteiger partial charge is 0.444 e. The molecular weight excluding hydrogens is 484 g/mol. The Morgan fingerprint density at radius 3 is 2.00 bits per heavy atom. The number of carbonyl (C=O) groups excluding carboxylic acids is 3. The molecule has 0 bridgehead atoms. The van der Waals surface area contributed by atoms with Crippen LogP contribution in [0.1, 0.15) is 52.9 Å². The lowest BCUT2D eigenvalue weighted by Gasteiger charge is -2.19. The van der Waals surface area contributed by atoms with E-state index in [0.29, 0.717) is 29.1 Å². The first kappa shape index (κ1) is 24.9. The number of aromatic nitrogens is 2. The Balaban J connectivity index is 1.21. The number of benzene rings is 3. The van der Waals surface area contributed by atoms with Gasteiger partial charge in [0, 0.05) is 12.1 Å². The van der Waals surface area contributed by atoms with Gasteiger partial charge in [-0.25, -0.2) is 4.79 Å². The van der Waals surface area contributed by atoms with Crippen LogP contribution in [0.2, 0.25) is 0 Å². The van der Waals surface area contributed by atoms with Crippen molar-refractivity contribution in [3.8, 4) is 22.6 Å². The molecule has 0 atom stereocenters. The Morgan fingerprint density at radius 1 is 0.868 bits per heavy atom. The number of amides is 3. The third-order valence-electron chi connectivity index (χ3n) is 5.90. The van der Waals surface area contributed by atoms with Gasteiger partial charge in [0.2, 0.25) is 0 Å². The lowest BCUT2D eigenvalue weighted by Crippen LogP contribution is -2.32. The Morgan fingerprint density at radius 2 is 1.42 bits per heavy atom. The molecule has 3 aromatic carbocycles. The Hall–Kier alpha value is -4.79. The molecule has 9 heteroatoms. The summed E-state index contributed by atoms with van der Waals surface area (Å²) in [6.45, 7) is 5.77. The SMILES string of the molecule is CC(C)(C)OC(=O)NCc1ccc(-c2ccc(-c3nc(CN4C(=O)c5ccccc5C4=O)no3)cc2)cc1. The predicted octanol–water partition coefficient (Wildman–Crippen LogP) is 5.22. The fourth-order valence-corrected chi connectivity index (χ4v) is 4.07. The highest BCUT2D eigenvalue weighted by Gasteiger charge is 2.36. The smallest absolute Gasteiger partial charge is 0.407 e. The Labute approximate surface area is 219 Å². The van der Waals surface area contributed by atoms with E-state index in [9.17, 15) is 14.4 Å².